The predicted octanol–water partition coefficient (Wildman–Crippen LogP) is 2.87. The molecule has 7 heteroatoms. The molecule has 0 saturated carbocycles. The highest BCUT2D eigenvalue weighted by Crippen LogP contribution is 2.06. The number of hydrogen-bond donors (Lipinski definition) is 1. The summed E-state index contributed by atoms with van der Waals surface area (Å²) in [7, 11) is 0. The Morgan fingerprint density at radius 2 is 1.67 bits per heavy atom. The fraction of sp³-hybridized carbons (Fsp3) is 0.706. The van der Waals surface area contributed by atoms with Crippen molar-refractivity contribution in [3.63, 3.8) is 0 Å². The van der Waals surface area contributed by atoms with Crippen molar-refractivity contribution in [1.82, 2.24) is 5.32 Å². The van der Waals surface area contributed by atoms with Gasteiger partial charge in [-0.3, -0.25) is 0 Å². The molecular weight excluding hydrogens is 330 g/mol. The van der Waals surface area contributed by atoms with E-state index >= 15 is 0 Å². The number of nitrogens with one attached hydrogen (secondary N) is 1. The van der Waals surface area contributed by atoms with Crippen LogP contribution in [0.2, 0.25) is 0 Å². The van der Waals surface area contributed by atoms with Crippen molar-refractivity contribution in [2.45, 2.75) is 32.8 Å². The number of hydrogen-bond acceptors (Lipinski definition) is 6. The van der Waals surface area contributed by atoms with Crippen molar-refractivity contribution in [2.24, 2.45) is 0 Å². The average molecular weight is 359 g/mol. The largest absolute Gasteiger partial charge is 0.444 e. The van der Waals surface area contributed by atoms with Gasteiger partial charge in [0.2, 0.25) is 0 Å². The summed E-state index contributed by atoms with van der Waals surface area (Å²) in [6.45, 7) is 9.19. The maximum Gasteiger partial charge on any atom is 0.407 e. The minimum Gasteiger partial charge on any atom is -0.444 e. The highest BCUT2D eigenvalue weighted by Gasteiger charge is 2.15. The van der Waals surface area contributed by atoms with E-state index in [0.29, 0.717) is 46.2 Å². The summed E-state index contributed by atoms with van der Waals surface area (Å²) in [5, 5.41) is 6.83. The first kappa shape index (κ1) is 20.9. The third-order valence-electron chi connectivity index (χ3n) is 2.77. The third-order valence-corrected chi connectivity index (χ3v) is 3.51. The Kier molecular flexibility index (Phi) is 10.7. The van der Waals surface area contributed by atoms with E-state index in [1.165, 1.54) is 5.56 Å². The Hall–Kier alpha value is -1.15. The molecule has 0 saturated heterocycles. The average Bonchev–Trinajstić information content (AvgIpc) is 3.00. The summed E-state index contributed by atoms with van der Waals surface area (Å²) < 4.78 is 21.4. The number of amides is 1. The highest BCUT2D eigenvalue weighted by atomic mass is 32.1. The Labute approximate surface area is 148 Å². The van der Waals surface area contributed by atoms with Gasteiger partial charge in [-0.25, -0.2) is 4.79 Å². The zero-order valence-corrected chi connectivity index (χ0v) is 15.7. The van der Waals surface area contributed by atoms with Crippen LogP contribution < -0.4 is 5.32 Å². The van der Waals surface area contributed by atoms with Crippen LogP contribution in [0.15, 0.2) is 16.8 Å². The molecule has 0 aliphatic rings. The van der Waals surface area contributed by atoms with Crippen molar-refractivity contribution < 1.29 is 23.7 Å². The van der Waals surface area contributed by atoms with E-state index in [2.05, 4.69) is 22.1 Å². The number of carbonyl (C=O) groups excluding carboxylic acids is 1. The first-order valence-corrected chi connectivity index (χ1v) is 9.13. The number of rotatable bonds is 12. The molecule has 1 aromatic heterocycles. The molecule has 1 amide bonds. The van der Waals surface area contributed by atoms with E-state index in [1.54, 1.807) is 11.3 Å². The van der Waals surface area contributed by atoms with Crippen LogP contribution >= 0.6 is 11.3 Å². The lowest BCUT2D eigenvalue weighted by Crippen LogP contribution is -2.34. The van der Waals surface area contributed by atoms with E-state index in [4.69, 9.17) is 18.9 Å². The Bertz CT molecular complexity index is 431. The molecule has 0 aliphatic carbocycles. The Morgan fingerprint density at radius 3 is 2.25 bits per heavy atom. The van der Waals surface area contributed by atoms with Gasteiger partial charge in [0.25, 0.3) is 0 Å². The van der Waals surface area contributed by atoms with Gasteiger partial charge in [-0.2, -0.15) is 11.3 Å². The topological polar surface area (TPSA) is 66.0 Å². The van der Waals surface area contributed by atoms with E-state index in [-0.39, 0.29) is 0 Å². The molecule has 0 bridgehead atoms. The molecular formula is C17H29NO5S. The van der Waals surface area contributed by atoms with Gasteiger partial charge >= 0.3 is 6.09 Å². The lowest BCUT2D eigenvalue weighted by Gasteiger charge is -2.19. The summed E-state index contributed by atoms with van der Waals surface area (Å²) >= 11 is 1.70. The van der Waals surface area contributed by atoms with E-state index in [1.807, 2.05) is 20.8 Å². The summed E-state index contributed by atoms with van der Waals surface area (Å²) in [5.74, 6) is 0. The summed E-state index contributed by atoms with van der Waals surface area (Å²) in [6.07, 6.45) is 0.513. The molecule has 0 fully saturated rings. The van der Waals surface area contributed by atoms with Gasteiger partial charge in [0, 0.05) is 6.54 Å². The number of carbonyl (C=O) groups is 1. The molecule has 0 aromatic carbocycles. The fourth-order valence-electron chi connectivity index (χ4n) is 1.71. The Balaban J connectivity index is 1.78. The molecule has 1 N–H and O–H groups in total. The van der Waals surface area contributed by atoms with Gasteiger partial charge in [0.15, 0.2) is 0 Å². The maximum atomic E-state index is 11.4. The van der Waals surface area contributed by atoms with Crippen molar-refractivity contribution >= 4 is 17.4 Å². The van der Waals surface area contributed by atoms with Gasteiger partial charge in [-0.05, 0) is 49.6 Å². The fourth-order valence-corrected chi connectivity index (χ4v) is 2.41. The van der Waals surface area contributed by atoms with Gasteiger partial charge in [-0.1, -0.05) is 0 Å². The number of ether oxygens (including phenoxy) is 4. The van der Waals surface area contributed by atoms with Crippen LogP contribution in [-0.4, -0.2) is 57.9 Å². The minimum atomic E-state index is -0.482. The molecule has 0 unspecified atom stereocenters. The SMILES string of the molecule is CC(C)(C)OC(=O)NCCOCCOCCOCCc1ccsc1. The predicted molar refractivity (Wildman–Crippen MR) is 94.7 cm³/mol. The standard InChI is InChI=1S/C17H29NO5S/c1-17(2,3)23-16(19)18-6-8-21-10-12-22-11-9-20-7-4-15-5-13-24-14-15/h5,13-14H,4,6-12H2,1-3H3,(H,18,19). The van der Waals surface area contributed by atoms with Crippen molar-refractivity contribution in [2.75, 3.05) is 46.2 Å². The second-order valence-corrected chi connectivity index (χ2v) is 6.93. The van der Waals surface area contributed by atoms with Crippen LogP contribution in [0.1, 0.15) is 26.3 Å². The first-order valence-electron chi connectivity index (χ1n) is 8.18. The molecule has 1 heterocycles. The molecule has 1 rings (SSSR count). The molecule has 0 atom stereocenters. The molecule has 24 heavy (non-hydrogen) atoms. The van der Waals surface area contributed by atoms with Crippen LogP contribution in [0.3, 0.4) is 0 Å². The lowest BCUT2D eigenvalue weighted by molar-refractivity contribution is 0.0145. The van der Waals surface area contributed by atoms with E-state index < -0.39 is 11.7 Å². The molecule has 0 radical (unpaired) electrons. The van der Waals surface area contributed by atoms with Crippen LogP contribution in [0, 0.1) is 0 Å². The third kappa shape index (κ3) is 12.3. The van der Waals surface area contributed by atoms with Crippen molar-refractivity contribution in [3.05, 3.63) is 22.4 Å². The van der Waals surface area contributed by atoms with Gasteiger partial charge in [0.1, 0.15) is 5.60 Å². The summed E-state index contributed by atoms with van der Waals surface area (Å²) in [6, 6.07) is 2.11. The molecule has 0 spiro atoms. The molecule has 1 aromatic rings. The normalized spacial score (nSPS) is 11.5. The van der Waals surface area contributed by atoms with Crippen molar-refractivity contribution in [1.29, 1.82) is 0 Å². The van der Waals surface area contributed by atoms with E-state index in [0.717, 1.165) is 6.42 Å². The highest BCUT2D eigenvalue weighted by molar-refractivity contribution is 7.07. The van der Waals surface area contributed by atoms with Crippen molar-refractivity contribution in [3.8, 4) is 0 Å². The summed E-state index contributed by atoms with van der Waals surface area (Å²) in [4.78, 5) is 11.4. The van der Waals surface area contributed by atoms with Crippen LogP contribution in [0.5, 0.6) is 0 Å². The number of alkyl carbamates (subject to hydrolysis) is 1. The quantitative estimate of drug-likeness (QED) is 0.581. The first-order chi connectivity index (χ1) is 11.5. The van der Waals surface area contributed by atoms with Crippen LogP contribution in [-0.2, 0) is 25.4 Å². The van der Waals surface area contributed by atoms with Gasteiger partial charge in [0.05, 0.1) is 39.6 Å². The lowest BCUT2D eigenvalue weighted by atomic mass is 10.2. The molecule has 138 valence electrons. The molecule has 0 aliphatic heterocycles. The van der Waals surface area contributed by atoms with Crippen LogP contribution in [0.25, 0.3) is 0 Å². The maximum absolute atomic E-state index is 11.4. The zero-order chi connectivity index (χ0) is 17.7. The second-order valence-electron chi connectivity index (χ2n) is 6.15. The molecule has 6 nitrogen and oxygen atoms in total. The Morgan fingerprint density at radius 1 is 1.04 bits per heavy atom. The number of thiophene rings is 1. The zero-order valence-electron chi connectivity index (χ0n) is 14.8. The van der Waals surface area contributed by atoms with Crippen LogP contribution in [0.4, 0.5) is 4.79 Å². The smallest absolute Gasteiger partial charge is 0.407 e. The van der Waals surface area contributed by atoms with E-state index in [9.17, 15) is 4.79 Å². The monoisotopic (exact) mass is 359 g/mol. The summed E-state index contributed by atoms with van der Waals surface area (Å²) in [5.41, 5.74) is 0.833. The van der Waals surface area contributed by atoms with Gasteiger partial charge in [-0.15, -0.1) is 0 Å². The minimum absolute atomic E-state index is 0.417. The second kappa shape index (κ2) is 12.2. The van der Waals surface area contributed by atoms with Gasteiger partial charge < -0.3 is 24.3 Å².